The van der Waals surface area contributed by atoms with Crippen LogP contribution in [0.4, 0.5) is 13.2 Å². The minimum atomic E-state index is -4.49. The number of fused-ring (bicyclic) bond motifs is 1. The van der Waals surface area contributed by atoms with Crippen LogP contribution in [0.5, 0.6) is 0 Å². The lowest BCUT2D eigenvalue weighted by molar-refractivity contribution is -0.148. The Labute approximate surface area is 101 Å². The monoisotopic (exact) mass is 263 g/mol. The molecule has 1 aromatic heterocycles. The van der Waals surface area contributed by atoms with Crippen LogP contribution in [0.25, 0.3) is 0 Å². The Hall–Kier alpha value is -1.64. The summed E-state index contributed by atoms with van der Waals surface area (Å²) in [5, 5.41) is 6.70. The van der Waals surface area contributed by atoms with Crippen molar-refractivity contribution in [3.63, 3.8) is 0 Å². The highest BCUT2D eigenvalue weighted by atomic mass is 19.4. The summed E-state index contributed by atoms with van der Waals surface area (Å²) in [6.45, 7) is 1.25. The number of carbonyl (C=O) groups excluding carboxylic acids is 1. The van der Waals surface area contributed by atoms with Gasteiger partial charge in [0.15, 0.2) is 0 Å². The number of aromatic nitrogens is 3. The van der Waals surface area contributed by atoms with Crippen LogP contribution in [0.1, 0.15) is 18.1 Å². The van der Waals surface area contributed by atoms with Gasteiger partial charge < -0.3 is 10.3 Å². The molecule has 0 saturated carbocycles. The molecule has 1 aromatic rings. The fourth-order valence-corrected chi connectivity index (χ4v) is 1.88. The summed E-state index contributed by atoms with van der Waals surface area (Å²) >= 11 is 0. The van der Waals surface area contributed by atoms with Crippen molar-refractivity contribution in [3.05, 3.63) is 11.6 Å². The van der Waals surface area contributed by atoms with Crippen LogP contribution in [0.15, 0.2) is 0 Å². The molecule has 0 fully saturated rings. The van der Waals surface area contributed by atoms with Crippen LogP contribution in [0, 0.1) is 0 Å². The molecular weight excluding hydrogens is 251 g/mol. The molecule has 0 spiro atoms. The van der Waals surface area contributed by atoms with Gasteiger partial charge in [-0.2, -0.15) is 13.2 Å². The van der Waals surface area contributed by atoms with Crippen molar-refractivity contribution in [2.45, 2.75) is 25.7 Å². The maximum Gasteiger partial charge on any atom is 0.451 e. The van der Waals surface area contributed by atoms with Gasteiger partial charge in [0.05, 0.1) is 6.54 Å². The number of halogens is 3. The Morgan fingerprint density at radius 3 is 2.67 bits per heavy atom. The van der Waals surface area contributed by atoms with E-state index in [2.05, 4.69) is 10.2 Å². The largest absolute Gasteiger partial charge is 0.451 e. The molecule has 0 radical (unpaired) electrons. The summed E-state index contributed by atoms with van der Waals surface area (Å²) in [6.07, 6.45) is -4.30. The van der Waals surface area contributed by atoms with Crippen LogP contribution in [-0.4, -0.2) is 38.7 Å². The molecule has 2 N–H and O–H groups in total. The second kappa shape index (κ2) is 4.56. The molecular formula is C9H12F3N5O. The van der Waals surface area contributed by atoms with Gasteiger partial charge in [0.25, 0.3) is 0 Å². The highest BCUT2D eigenvalue weighted by Crippen LogP contribution is 2.29. The van der Waals surface area contributed by atoms with Crippen LogP contribution < -0.4 is 5.73 Å². The van der Waals surface area contributed by atoms with E-state index in [0.717, 1.165) is 4.57 Å². The minimum Gasteiger partial charge on any atom is -0.370 e. The van der Waals surface area contributed by atoms with Crippen molar-refractivity contribution >= 4 is 5.91 Å². The minimum absolute atomic E-state index is 0.163. The summed E-state index contributed by atoms with van der Waals surface area (Å²) in [5.74, 6) is -1.14. The molecule has 18 heavy (non-hydrogen) atoms. The molecule has 100 valence electrons. The molecule has 0 aliphatic carbocycles. The number of amides is 1. The molecule has 0 unspecified atom stereocenters. The first-order valence-electron chi connectivity index (χ1n) is 5.38. The van der Waals surface area contributed by atoms with E-state index >= 15 is 0 Å². The molecule has 0 bridgehead atoms. The zero-order valence-corrected chi connectivity index (χ0v) is 9.44. The quantitative estimate of drug-likeness (QED) is 0.832. The van der Waals surface area contributed by atoms with Gasteiger partial charge in [0.1, 0.15) is 5.82 Å². The Bertz CT molecular complexity index is 456. The normalized spacial score (nSPS) is 16.6. The summed E-state index contributed by atoms with van der Waals surface area (Å²) in [4.78, 5) is 12.5. The zero-order valence-electron chi connectivity index (χ0n) is 9.44. The van der Waals surface area contributed by atoms with E-state index in [1.54, 1.807) is 0 Å². The van der Waals surface area contributed by atoms with E-state index in [9.17, 15) is 18.0 Å². The molecule has 1 amide bonds. The van der Waals surface area contributed by atoms with Gasteiger partial charge in [0, 0.05) is 26.1 Å². The molecule has 6 nitrogen and oxygen atoms in total. The average molecular weight is 263 g/mol. The second-order valence-corrected chi connectivity index (χ2v) is 4.08. The first-order chi connectivity index (χ1) is 8.38. The number of nitrogens with zero attached hydrogens (tertiary/aromatic N) is 4. The standard InChI is InChI=1S/C9H12F3N5O/c10-9(11,12)8-15-14-7-5-16(2-1-6(13)18)3-4-17(7)8/h1-5H2,(H2,13,18). The lowest BCUT2D eigenvalue weighted by Crippen LogP contribution is -2.37. The third kappa shape index (κ3) is 2.61. The summed E-state index contributed by atoms with van der Waals surface area (Å²) < 4.78 is 38.8. The number of primary amides is 1. The van der Waals surface area contributed by atoms with Crippen LogP contribution in [-0.2, 0) is 24.1 Å². The van der Waals surface area contributed by atoms with Crippen LogP contribution in [0.3, 0.4) is 0 Å². The first-order valence-corrected chi connectivity index (χ1v) is 5.38. The van der Waals surface area contributed by atoms with Crippen molar-refractivity contribution in [2.24, 2.45) is 5.73 Å². The third-order valence-corrected chi connectivity index (χ3v) is 2.76. The molecule has 0 saturated heterocycles. The smallest absolute Gasteiger partial charge is 0.370 e. The van der Waals surface area contributed by atoms with Gasteiger partial charge in [-0.05, 0) is 0 Å². The van der Waals surface area contributed by atoms with E-state index in [1.807, 2.05) is 4.90 Å². The summed E-state index contributed by atoms with van der Waals surface area (Å²) in [5.41, 5.74) is 5.02. The Morgan fingerprint density at radius 1 is 1.33 bits per heavy atom. The highest BCUT2D eigenvalue weighted by Gasteiger charge is 2.39. The van der Waals surface area contributed by atoms with Gasteiger partial charge >= 0.3 is 6.18 Å². The van der Waals surface area contributed by atoms with Gasteiger partial charge in [-0.1, -0.05) is 0 Å². The lowest BCUT2D eigenvalue weighted by Gasteiger charge is -2.27. The Kier molecular flexibility index (Phi) is 3.24. The molecule has 1 aliphatic heterocycles. The van der Waals surface area contributed by atoms with Crippen molar-refractivity contribution in [1.29, 1.82) is 0 Å². The topological polar surface area (TPSA) is 77.0 Å². The summed E-state index contributed by atoms with van der Waals surface area (Å²) in [6, 6.07) is 0. The van der Waals surface area contributed by atoms with Crippen molar-refractivity contribution in [1.82, 2.24) is 19.7 Å². The molecule has 1 aliphatic rings. The van der Waals surface area contributed by atoms with E-state index in [0.29, 0.717) is 13.1 Å². The van der Waals surface area contributed by atoms with Gasteiger partial charge in [0.2, 0.25) is 11.7 Å². The van der Waals surface area contributed by atoms with Crippen molar-refractivity contribution in [2.75, 3.05) is 13.1 Å². The molecule has 9 heteroatoms. The lowest BCUT2D eigenvalue weighted by atomic mass is 10.3. The average Bonchev–Trinajstić information content (AvgIpc) is 2.68. The van der Waals surface area contributed by atoms with Crippen LogP contribution >= 0.6 is 0 Å². The van der Waals surface area contributed by atoms with Gasteiger partial charge in [-0.25, -0.2) is 0 Å². The number of hydrogen-bond acceptors (Lipinski definition) is 4. The fraction of sp³-hybridized carbons (Fsp3) is 0.667. The predicted octanol–water partition coefficient (Wildman–Crippen LogP) is -0.0121. The molecule has 2 rings (SSSR count). The maximum atomic E-state index is 12.6. The zero-order chi connectivity index (χ0) is 13.3. The molecule has 0 aromatic carbocycles. The molecule has 2 heterocycles. The molecule has 0 atom stereocenters. The second-order valence-electron chi connectivity index (χ2n) is 4.08. The van der Waals surface area contributed by atoms with Crippen molar-refractivity contribution in [3.8, 4) is 0 Å². The summed E-state index contributed by atoms with van der Waals surface area (Å²) in [7, 11) is 0. The fourth-order valence-electron chi connectivity index (χ4n) is 1.88. The van der Waals surface area contributed by atoms with E-state index in [4.69, 9.17) is 5.73 Å². The number of carbonyl (C=O) groups is 1. The van der Waals surface area contributed by atoms with E-state index < -0.39 is 17.9 Å². The first kappa shape index (κ1) is 12.8. The van der Waals surface area contributed by atoms with Gasteiger partial charge in [-0.3, -0.25) is 9.69 Å². The van der Waals surface area contributed by atoms with E-state index in [1.165, 1.54) is 0 Å². The predicted molar refractivity (Wildman–Crippen MR) is 54.1 cm³/mol. The highest BCUT2D eigenvalue weighted by molar-refractivity contribution is 5.73. The SMILES string of the molecule is NC(=O)CCN1CCn2c(nnc2C(F)(F)F)C1. The maximum absolute atomic E-state index is 12.6. The van der Waals surface area contributed by atoms with E-state index in [-0.39, 0.29) is 25.3 Å². The van der Waals surface area contributed by atoms with Crippen LogP contribution in [0.2, 0.25) is 0 Å². The number of rotatable bonds is 3. The third-order valence-electron chi connectivity index (χ3n) is 2.76. The van der Waals surface area contributed by atoms with Gasteiger partial charge in [-0.15, -0.1) is 10.2 Å². The number of nitrogens with two attached hydrogens (primary N) is 1. The number of alkyl halides is 3. The van der Waals surface area contributed by atoms with Crippen molar-refractivity contribution < 1.29 is 18.0 Å². The Balaban J connectivity index is 2.08. The number of hydrogen-bond donors (Lipinski definition) is 1. The Morgan fingerprint density at radius 2 is 2.06 bits per heavy atom.